The van der Waals surface area contributed by atoms with E-state index in [1.54, 1.807) is 0 Å². The van der Waals surface area contributed by atoms with Crippen LogP contribution < -0.4 is 19.9 Å². The number of hydrogen-bond acceptors (Lipinski definition) is 7. The molecule has 1 amide bonds. The summed E-state index contributed by atoms with van der Waals surface area (Å²) in [4.78, 5) is 24.3. The molecule has 2 aromatic rings. The number of alkyl halides is 2. The molecule has 12 heteroatoms. The fraction of sp³-hybridized carbons (Fsp3) is 0.222. The molecule has 3 N–H and O–H groups in total. The van der Waals surface area contributed by atoms with Crippen LogP contribution in [-0.4, -0.2) is 41.1 Å². The molecule has 30 heavy (non-hydrogen) atoms. The standard InChI is InChI=1S/C18H18F2N2O7S/c1-27-14-8-12(17(24)28-2)13(9-15(14)29-18(19)20)22-16(23)7-10-3-5-11(6-4-10)30(21,25)26/h3-6,8-9,18H,7H2,1-2H3,(H,22,23)(H2,21,25,26). The lowest BCUT2D eigenvalue weighted by molar-refractivity contribution is -0.115. The molecular weight excluding hydrogens is 426 g/mol. The fourth-order valence-electron chi connectivity index (χ4n) is 2.47. The second kappa shape index (κ2) is 9.50. The lowest BCUT2D eigenvalue weighted by atomic mass is 10.1. The lowest BCUT2D eigenvalue weighted by Gasteiger charge is -2.15. The van der Waals surface area contributed by atoms with E-state index in [4.69, 9.17) is 9.88 Å². The number of carbonyl (C=O) groups excluding carboxylic acids is 2. The number of nitrogens with one attached hydrogen (secondary N) is 1. The molecule has 0 radical (unpaired) electrons. The Kier molecular flexibility index (Phi) is 7.29. The number of halogens is 2. The molecule has 9 nitrogen and oxygen atoms in total. The average molecular weight is 444 g/mol. The Bertz CT molecular complexity index is 1040. The summed E-state index contributed by atoms with van der Waals surface area (Å²) in [6, 6.07) is 7.36. The zero-order valence-electron chi connectivity index (χ0n) is 15.8. The highest BCUT2D eigenvalue weighted by atomic mass is 32.2. The first kappa shape index (κ1) is 23.0. The van der Waals surface area contributed by atoms with Gasteiger partial charge in [0.1, 0.15) is 0 Å². The zero-order chi connectivity index (χ0) is 22.5. The molecule has 0 heterocycles. The first-order chi connectivity index (χ1) is 14.0. The van der Waals surface area contributed by atoms with Gasteiger partial charge in [-0.2, -0.15) is 8.78 Å². The summed E-state index contributed by atoms with van der Waals surface area (Å²) in [5, 5.41) is 7.44. The second-order valence-corrected chi connectivity index (χ2v) is 7.39. The van der Waals surface area contributed by atoms with E-state index in [2.05, 4.69) is 14.8 Å². The van der Waals surface area contributed by atoms with Crippen LogP contribution in [0.4, 0.5) is 14.5 Å². The van der Waals surface area contributed by atoms with Crippen LogP contribution in [0.15, 0.2) is 41.3 Å². The Morgan fingerprint density at radius 1 is 1.10 bits per heavy atom. The molecule has 2 aromatic carbocycles. The van der Waals surface area contributed by atoms with E-state index in [1.807, 2.05) is 0 Å². The first-order valence-electron chi connectivity index (χ1n) is 8.22. The number of benzene rings is 2. The fourth-order valence-corrected chi connectivity index (χ4v) is 2.98. The number of amides is 1. The van der Waals surface area contributed by atoms with Crippen molar-refractivity contribution >= 4 is 27.6 Å². The maximum absolute atomic E-state index is 12.7. The number of esters is 1. The van der Waals surface area contributed by atoms with Crippen LogP contribution in [0.25, 0.3) is 0 Å². The normalized spacial score (nSPS) is 11.1. The molecule has 0 aliphatic carbocycles. The van der Waals surface area contributed by atoms with Crippen molar-refractivity contribution in [1.82, 2.24) is 0 Å². The molecule has 0 aliphatic rings. The molecule has 2 rings (SSSR count). The number of sulfonamides is 1. The minimum absolute atomic E-state index is 0.122. The van der Waals surface area contributed by atoms with Crippen molar-refractivity contribution < 1.29 is 41.0 Å². The molecule has 0 atom stereocenters. The Hall–Kier alpha value is -3.25. The van der Waals surface area contributed by atoms with Crippen LogP contribution in [0.1, 0.15) is 15.9 Å². The van der Waals surface area contributed by atoms with Gasteiger partial charge in [0.05, 0.1) is 36.8 Å². The molecule has 0 saturated carbocycles. The molecule has 0 saturated heterocycles. The third kappa shape index (κ3) is 5.87. The molecule has 0 bridgehead atoms. The summed E-state index contributed by atoms with van der Waals surface area (Å²) < 4.78 is 61.8. The largest absolute Gasteiger partial charge is 0.493 e. The molecule has 162 valence electrons. The van der Waals surface area contributed by atoms with E-state index in [-0.39, 0.29) is 28.3 Å². The first-order valence-corrected chi connectivity index (χ1v) is 9.76. The maximum atomic E-state index is 12.7. The van der Waals surface area contributed by atoms with Crippen LogP contribution >= 0.6 is 0 Å². The molecule has 0 spiro atoms. The predicted octanol–water partition coefficient (Wildman–Crippen LogP) is 1.91. The highest BCUT2D eigenvalue weighted by Crippen LogP contribution is 2.35. The maximum Gasteiger partial charge on any atom is 0.387 e. The Balaban J connectivity index is 2.30. The number of nitrogens with two attached hydrogens (primary N) is 1. The predicted molar refractivity (Wildman–Crippen MR) is 101 cm³/mol. The van der Waals surface area contributed by atoms with E-state index in [0.717, 1.165) is 19.2 Å². The van der Waals surface area contributed by atoms with Crippen molar-refractivity contribution in [3.63, 3.8) is 0 Å². The Morgan fingerprint density at radius 2 is 1.73 bits per heavy atom. The van der Waals surface area contributed by atoms with Crippen molar-refractivity contribution in [3.8, 4) is 11.5 Å². The van der Waals surface area contributed by atoms with Crippen molar-refractivity contribution in [2.24, 2.45) is 5.14 Å². The van der Waals surface area contributed by atoms with Gasteiger partial charge in [0.2, 0.25) is 15.9 Å². The van der Waals surface area contributed by atoms with Gasteiger partial charge in [-0.25, -0.2) is 18.4 Å². The summed E-state index contributed by atoms with van der Waals surface area (Å²) in [6.07, 6.45) is -0.206. The van der Waals surface area contributed by atoms with Crippen molar-refractivity contribution in [1.29, 1.82) is 0 Å². The summed E-state index contributed by atoms with van der Waals surface area (Å²) in [5.74, 6) is -2.01. The van der Waals surface area contributed by atoms with Crippen LogP contribution in [0.3, 0.4) is 0 Å². The van der Waals surface area contributed by atoms with Crippen molar-refractivity contribution in [3.05, 3.63) is 47.5 Å². The van der Waals surface area contributed by atoms with Crippen molar-refractivity contribution in [2.75, 3.05) is 19.5 Å². The Labute approximate surface area is 170 Å². The van der Waals surface area contributed by atoms with Gasteiger partial charge in [-0.05, 0) is 17.7 Å². The van der Waals surface area contributed by atoms with Gasteiger partial charge in [-0.3, -0.25) is 4.79 Å². The number of carbonyl (C=O) groups is 2. The van der Waals surface area contributed by atoms with Crippen LogP contribution in [0, 0.1) is 0 Å². The van der Waals surface area contributed by atoms with Gasteiger partial charge in [0.25, 0.3) is 0 Å². The summed E-state index contributed by atoms with van der Waals surface area (Å²) >= 11 is 0. The highest BCUT2D eigenvalue weighted by molar-refractivity contribution is 7.89. The van der Waals surface area contributed by atoms with E-state index in [0.29, 0.717) is 5.56 Å². The number of ether oxygens (including phenoxy) is 3. The van der Waals surface area contributed by atoms with Gasteiger partial charge in [-0.1, -0.05) is 12.1 Å². The molecule has 0 aliphatic heterocycles. The minimum Gasteiger partial charge on any atom is -0.493 e. The van der Waals surface area contributed by atoms with Crippen LogP contribution in [-0.2, 0) is 26.0 Å². The topological polar surface area (TPSA) is 134 Å². The van der Waals surface area contributed by atoms with Gasteiger partial charge in [-0.15, -0.1) is 0 Å². The highest BCUT2D eigenvalue weighted by Gasteiger charge is 2.21. The SMILES string of the molecule is COC(=O)c1cc(OC)c(OC(F)F)cc1NC(=O)Cc1ccc(S(N)(=O)=O)cc1. The molecule has 0 unspecified atom stereocenters. The van der Waals surface area contributed by atoms with E-state index in [9.17, 15) is 26.8 Å². The van der Waals surface area contributed by atoms with Crippen LogP contribution in [0.5, 0.6) is 11.5 Å². The third-order valence-corrected chi connectivity index (χ3v) is 4.75. The summed E-state index contributed by atoms with van der Waals surface area (Å²) in [7, 11) is -1.57. The summed E-state index contributed by atoms with van der Waals surface area (Å²) in [6.45, 7) is -3.16. The smallest absolute Gasteiger partial charge is 0.387 e. The second-order valence-electron chi connectivity index (χ2n) is 5.83. The molecule has 0 aromatic heterocycles. The van der Waals surface area contributed by atoms with Crippen LogP contribution in [0.2, 0.25) is 0 Å². The zero-order valence-corrected chi connectivity index (χ0v) is 16.7. The number of anilines is 1. The molecule has 0 fully saturated rings. The minimum atomic E-state index is -3.88. The number of methoxy groups -OCH3 is 2. The average Bonchev–Trinajstić information content (AvgIpc) is 2.66. The van der Waals surface area contributed by atoms with E-state index >= 15 is 0 Å². The van der Waals surface area contributed by atoms with Crippen molar-refractivity contribution in [2.45, 2.75) is 17.9 Å². The molecular formula is C18H18F2N2O7S. The number of hydrogen-bond donors (Lipinski definition) is 2. The van der Waals surface area contributed by atoms with E-state index < -0.39 is 34.3 Å². The van der Waals surface area contributed by atoms with E-state index in [1.165, 1.54) is 31.4 Å². The third-order valence-electron chi connectivity index (χ3n) is 3.82. The summed E-state index contributed by atoms with van der Waals surface area (Å²) in [5.41, 5.74) is 0.162. The quantitative estimate of drug-likeness (QED) is 0.594. The van der Waals surface area contributed by atoms with Gasteiger partial charge in [0.15, 0.2) is 11.5 Å². The van der Waals surface area contributed by atoms with Gasteiger partial charge < -0.3 is 19.5 Å². The lowest BCUT2D eigenvalue weighted by Crippen LogP contribution is -2.18. The number of primary sulfonamides is 1. The van der Waals surface area contributed by atoms with Gasteiger partial charge >= 0.3 is 12.6 Å². The monoisotopic (exact) mass is 444 g/mol. The van der Waals surface area contributed by atoms with Gasteiger partial charge in [0, 0.05) is 12.1 Å². The number of rotatable bonds is 8. The Morgan fingerprint density at radius 3 is 2.23 bits per heavy atom.